The number of hydrogen-bond donors (Lipinski definition) is 2. The number of guanidine groups is 1. The molecule has 2 aromatic carbocycles. The van der Waals surface area contributed by atoms with E-state index < -0.39 is 5.60 Å². The summed E-state index contributed by atoms with van der Waals surface area (Å²) in [6, 6.07) is 17.6. The van der Waals surface area contributed by atoms with Gasteiger partial charge in [-0.3, -0.25) is 4.79 Å². The van der Waals surface area contributed by atoms with Gasteiger partial charge in [0.2, 0.25) is 0 Å². The molecule has 6 nitrogen and oxygen atoms in total. The summed E-state index contributed by atoms with van der Waals surface area (Å²) in [4.78, 5) is 22.0. The molecule has 0 spiro atoms. The summed E-state index contributed by atoms with van der Waals surface area (Å²) in [6.45, 7) is 4.91. The Morgan fingerprint density at radius 2 is 1.59 bits per heavy atom. The van der Waals surface area contributed by atoms with Crippen molar-refractivity contribution < 1.29 is 9.90 Å². The van der Waals surface area contributed by atoms with Crippen LogP contribution in [0.1, 0.15) is 42.4 Å². The van der Waals surface area contributed by atoms with Gasteiger partial charge < -0.3 is 20.6 Å². The Bertz CT molecular complexity index is 947. The van der Waals surface area contributed by atoms with Crippen LogP contribution in [-0.2, 0) is 16.9 Å². The van der Waals surface area contributed by atoms with E-state index in [-0.39, 0.29) is 11.8 Å². The first-order valence-electron chi connectivity index (χ1n) is 11.7. The van der Waals surface area contributed by atoms with Gasteiger partial charge in [0.1, 0.15) is 0 Å². The molecule has 1 aliphatic carbocycles. The average Bonchev–Trinajstić information content (AvgIpc) is 3.39. The van der Waals surface area contributed by atoms with E-state index in [0.29, 0.717) is 44.2 Å². The minimum atomic E-state index is -1.45. The Morgan fingerprint density at radius 3 is 2.25 bits per heavy atom. The minimum absolute atomic E-state index is 0.0313. The van der Waals surface area contributed by atoms with Crippen molar-refractivity contribution in [3.63, 3.8) is 0 Å². The number of hydrogen-bond acceptors (Lipinski definition) is 3. The maximum atomic E-state index is 13.6. The molecule has 1 aliphatic heterocycles. The minimum Gasteiger partial charge on any atom is -0.375 e. The first kappa shape index (κ1) is 22.3. The predicted octanol–water partition coefficient (Wildman–Crippen LogP) is 3.03. The van der Waals surface area contributed by atoms with E-state index in [9.17, 15) is 9.90 Å². The molecule has 1 heterocycles. The molecule has 4 rings (SSSR count). The van der Waals surface area contributed by atoms with Gasteiger partial charge in [-0.25, -0.2) is 4.99 Å². The van der Waals surface area contributed by atoms with Gasteiger partial charge in [-0.15, -0.1) is 0 Å². The number of carbonyl (C=O) groups is 1. The van der Waals surface area contributed by atoms with Gasteiger partial charge in [-0.1, -0.05) is 67.4 Å². The lowest BCUT2D eigenvalue weighted by atomic mass is 9.79. The highest BCUT2D eigenvalue weighted by atomic mass is 16.3. The molecule has 3 N–H and O–H groups in total. The fourth-order valence-electron chi connectivity index (χ4n) is 5.00. The topological polar surface area (TPSA) is 82.2 Å². The summed E-state index contributed by atoms with van der Waals surface area (Å²) in [6.07, 6.45) is 3.90. The summed E-state index contributed by atoms with van der Waals surface area (Å²) >= 11 is 0. The second kappa shape index (κ2) is 9.74. The van der Waals surface area contributed by atoms with Crippen LogP contribution in [-0.4, -0.2) is 53.0 Å². The van der Waals surface area contributed by atoms with E-state index in [2.05, 4.69) is 24.0 Å². The van der Waals surface area contributed by atoms with Gasteiger partial charge in [-0.2, -0.15) is 0 Å². The Hall–Kier alpha value is -2.86. The number of amides is 1. The Morgan fingerprint density at radius 1 is 1.00 bits per heavy atom. The molecule has 2 aromatic rings. The van der Waals surface area contributed by atoms with Gasteiger partial charge >= 0.3 is 0 Å². The third-order valence-electron chi connectivity index (χ3n) is 7.05. The summed E-state index contributed by atoms with van der Waals surface area (Å²) in [5.74, 6) is 0.302. The molecule has 1 amide bonds. The molecule has 0 bridgehead atoms. The van der Waals surface area contributed by atoms with E-state index in [1.807, 2.05) is 47.4 Å². The monoisotopic (exact) mass is 434 g/mol. The van der Waals surface area contributed by atoms with Crippen molar-refractivity contribution in [2.24, 2.45) is 16.6 Å². The van der Waals surface area contributed by atoms with Crippen LogP contribution >= 0.6 is 0 Å². The molecule has 170 valence electrons. The zero-order chi connectivity index (χ0) is 22.6. The maximum absolute atomic E-state index is 13.6. The van der Waals surface area contributed by atoms with E-state index in [1.165, 1.54) is 5.56 Å². The summed E-state index contributed by atoms with van der Waals surface area (Å²) in [5, 5.41) is 11.8. The highest BCUT2D eigenvalue weighted by molar-refractivity contribution is 5.87. The van der Waals surface area contributed by atoms with Crippen molar-refractivity contribution in [3.05, 3.63) is 71.3 Å². The third-order valence-corrected chi connectivity index (χ3v) is 7.05. The highest BCUT2D eigenvalue weighted by Crippen LogP contribution is 2.42. The second-order valence-electron chi connectivity index (χ2n) is 8.99. The van der Waals surface area contributed by atoms with Crippen molar-refractivity contribution in [3.8, 4) is 0 Å². The van der Waals surface area contributed by atoms with Crippen molar-refractivity contribution in [2.45, 2.75) is 44.8 Å². The normalized spacial score (nSPS) is 19.8. The van der Waals surface area contributed by atoms with Crippen LogP contribution in [0.15, 0.2) is 59.6 Å². The first-order chi connectivity index (χ1) is 15.5. The van der Waals surface area contributed by atoms with E-state index in [1.54, 1.807) is 4.90 Å². The number of aliphatic imine (C=N–C) groups is 1. The molecule has 32 heavy (non-hydrogen) atoms. The quantitative estimate of drug-likeness (QED) is 0.560. The fraction of sp³-hybridized carbons (Fsp3) is 0.462. The first-order valence-corrected chi connectivity index (χ1v) is 11.7. The number of aryl methyl sites for hydroxylation is 1. The van der Waals surface area contributed by atoms with E-state index in [4.69, 9.17) is 5.73 Å². The van der Waals surface area contributed by atoms with Crippen molar-refractivity contribution in [1.29, 1.82) is 0 Å². The van der Waals surface area contributed by atoms with Crippen molar-refractivity contribution >= 4 is 11.9 Å². The molecule has 2 aliphatic rings. The fourth-order valence-corrected chi connectivity index (χ4v) is 5.00. The lowest BCUT2D eigenvalue weighted by Gasteiger charge is -2.41. The van der Waals surface area contributed by atoms with Crippen molar-refractivity contribution in [2.75, 3.05) is 26.2 Å². The largest absolute Gasteiger partial charge is 0.375 e. The molecular weight excluding hydrogens is 400 g/mol. The second-order valence-corrected chi connectivity index (χ2v) is 8.99. The molecule has 0 aromatic heterocycles. The van der Waals surface area contributed by atoms with Crippen LogP contribution in [0.25, 0.3) is 0 Å². The van der Waals surface area contributed by atoms with Crippen LogP contribution < -0.4 is 5.73 Å². The molecule has 2 fully saturated rings. The zero-order valence-corrected chi connectivity index (χ0v) is 18.9. The SMILES string of the molecule is Cc1ccccc1CN=C(N)N1CCN(C(=O)[C@](O)(c2ccccc2)C2CCCC2)CC1. The molecule has 1 saturated carbocycles. The molecule has 6 heteroatoms. The van der Waals surface area contributed by atoms with Gasteiger partial charge in [-0.05, 0) is 36.5 Å². The van der Waals surface area contributed by atoms with Crippen LogP contribution in [0.2, 0.25) is 0 Å². The smallest absolute Gasteiger partial charge is 0.259 e. The summed E-state index contributed by atoms with van der Waals surface area (Å²) in [5.41, 5.74) is 7.88. The number of carbonyl (C=O) groups excluding carboxylic acids is 1. The standard InChI is InChI=1S/C26H34N4O2/c1-20-9-5-6-10-21(20)19-28-25(27)30-17-15-29(16-18-30)24(31)26(32,23-13-7-8-14-23)22-11-3-2-4-12-22/h2-6,9-12,23,32H,7-8,13-19H2,1H3,(H2,27,28)/t26-/m0/s1. The Balaban J connectivity index is 1.43. The zero-order valence-electron chi connectivity index (χ0n) is 18.9. The lowest BCUT2D eigenvalue weighted by Crippen LogP contribution is -2.58. The number of benzene rings is 2. The van der Waals surface area contributed by atoms with Crippen molar-refractivity contribution in [1.82, 2.24) is 9.80 Å². The molecule has 1 atom stereocenters. The summed E-state index contributed by atoms with van der Waals surface area (Å²) < 4.78 is 0. The van der Waals surface area contributed by atoms with Crippen LogP contribution in [0.3, 0.4) is 0 Å². The number of aliphatic hydroxyl groups is 1. The van der Waals surface area contributed by atoms with Crippen LogP contribution in [0, 0.1) is 12.8 Å². The number of nitrogens with two attached hydrogens (primary N) is 1. The predicted molar refractivity (Wildman–Crippen MR) is 127 cm³/mol. The lowest BCUT2D eigenvalue weighted by molar-refractivity contribution is -0.160. The molecule has 0 unspecified atom stereocenters. The van der Waals surface area contributed by atoms with Crippen LogP contribution in [0.5, 0.6) is 0 Å². The van der Waals surface area contributed by atoms with E-state index in [0.717, 1.165) is 31.2 Å². The Labute approximate surface area is 190 Å². The maximum Gasteiger partial charge on any atom is 0.259 e. The highest BCUT2D eigenvalue weighted by Gasteiger charge is 2.48. The van der Waals surface area contributed by atoms with Gasteiger partial charge in [0.05, 0.1) is 6.54 Å². The number of piperazine rings is 1. The van der Waals surface area contributed by atoms with Crippen LogP contribution in [0.4, 0.5) is 0 Å². The summed E-state index contributed by atoms with van der Waals surface area (Å²) in [7, 11) is 0. The Kier molecular flexibility index (Phi) is 6.80. The molecular formula is C26H34N4O2. The van der Waals surface area contributed by atoms with Gasteiger partial charge in [0.25, 0.3) is 5.91 Å². The van der Waals surface area contributed by atoms with Gasteiger partial charge in [0, 0.05) is 32.1 Å². The molecule has 1 saturated heterocycles. The van der Waals surface area contributed by atoms with E-state index >= 15 is 0 Å². The third kappa shape index (κ3) is 4.51. The van der Waals surface area contributed by atoms with Gasteiger partial charge in [0.15, 0.2) is 11.6 Å². The molecule has 0 radical (unpaired) electrons. The number of rotatable bonds is 5. The number of nitrogens with zero attached hydrogens (tertiary/aromatic N) is 3. The average molecular weight is 435 g/mol.